The summed E-state index contributed by atoms with van der Waals surface area (Å²) in [5.41, 5.74) is 0.641. The molecule has 0 spiro atoms. The van der Waals surface area contributed by atoms with Crippen LogP contribution in [0.25, 0.3) is 0 Å². The number of allylic oxidation sites excluding steroid dienone is 1. The maximum absolute atomic E-state index is 11.8. The Balaban J connectivity index is 2.61. The lowest BCUT2D eigenvalue weighted by Gasteiger charge is -2.20. The smallest absolute Gasteiger partial charge is 0.251 e. The molecule has 2 amide bonds. The molecule has 0 aliphatic carbocycles. The summed E-state index contributed by atoms with van der Waals surface area (Å²) in [5, 5.41) is 5.13. The van der Waals surface area contributed by atoms with Crippen molar-refractivity contribution < 1.29 is 14.3 Å². The second-order valence-electron chi connectivity index (χ2n) is 3.80. The van der Waals surface area contributed by atoms with Crippen molar-refractivity contribution in [2.45, 2.75) is 32.7 Å². The van der Waals surface area contributed by atoms with Gasteiger partial charge in [-0.25, -0.2) is 0 Å². The van der Waals surface area contributed by atoms with Crippen LogP contribution in [-0.4, -0.2) is 31.5 Å². The van der Waals surface area contributed by atoms with Gasteiger partial charge in [-0.3, -0.25) is 9.59 Å². The molecule has 1 rings (SSSR count). The molecule has 5 heteroatoms. The number of rotatable bonds is 3. The van der Waals surface area contributed by atoms with Crippen LogP contribution in [0.5, 0.6) is 0 Å². The Morgan fingerprint density at radius 1 is 1.44 bits per heavy atom. The van der Waals surface area contributed by atoms with Gasteiger partial charge in [0, 0.05) is 7.05 Å². The summed E-state index contributed by atoms with van der Waals surface area (Å²) in [6.07, 6.45) is 1.55. The SMILES string of the molecule is CNC(=O)[C@H](C)NC(=O)C1=C(C)OCCC1. The van der Waals surface area contributed by atoms with E-state index >= 15 is 0 Å². The van der Waals surface area contributed by atoms with E-state index < -0.39 is 6.04 Å². The normalized spacial score (nSPS) is 17.4. The number of nitrogens with one attached hydrogen (secondary N) is 2. The van der Waals surface area contributed by atoms with Gasteiger partial charge >= 0.3 is 0 Å². The first-order chi connectivity index (χ1) is 7.56. The second kappa shape index (κ2) is 5.53. The highest BCUT2D eigenvalue weighted by molar-refractivity contribution is 5.97. The molecular weight excluding hydrogens is 208 g/mol. The molecule has 16 heavy (non-hydrogen) atoms. The van der Waals surface area contributed by atoms with Crippen molar-refractivity contribution in [2.75, 3.05) is 13.7 Å². The molecule has 1 atom stereocenters. The van der Waals surface area contributed by atoms with Crippen molar-refractivity contribution in [3.63, 3.8) is 0 Å². The lowest BCUT2D eigenvalue weighted by Crippen LogP contribution is -2.44. The molecule has 0 fully saturated rings. The van der Waals surface area contributed by atoms with Gasteiger partial charge in [-0.05, 0) is 26.7 Å². The van der Waals surface area contributed by atoms with E-state index in [1.54, 1.807) is 20.9 Å². The Kier molecular flexibility index (Phi) is 4.34. The molecule has 0 aromatic carbocycles. The first-order valence-electron chi connectivity index (χ1n) is 5.41. The van der Waals surface area contributed by atoms with E-state index in [2.05, 4.69) is 10.6 Å². The maximum Gasteiger partial charge on any atom is 0.251 e. The summed E-state index contributed by atoms with van der Waals surface area (Å²) in [6, 6.07) is -0.528. The monoisotopic (exact) mass is 226 g/mol. The van der Waals surface area contributed by atoms with E-state index in [1.807, 2.05) is 0 Å². The number of hydrogen-bond acceptors (Lipinski definition) is 3. The Bertz CT molecular complexity index is 323. The van der Waals surface area contributed by atoms with Gasteiger partial charge in [-0.2, -0.15) is 0 Å². The third-order valence-corrected chi connectivity index (χ3v) is 2.58. The lowest BCUT2D eigenvalue weighted by molar-refractivity contribution is -0.126. The van der Waals surface area contributed by atoms with Crippen LogP contribution in [0.3, 0.4) is 0 Å². The van der Waals surface area contributed by atoms with Crippen LogP contribution in [0.1, 0.15) is 26.7 Å². The zero-order valence-corrected chi connectivity index (χ0v) is 9.92. The van der Waals surface area contributed by atoms with Crippen molar-refractivity contribution >= 4 is 11.8 Å². The number of ether oxygens (including phenoxy) is 1. The minimum atomic E-state index is -0.528. The minimum absolute atomic E-state index is 0.205. The largest absolute Gasteiger partial charge is 0.498 e. The lowest BCUT2D eigenvalue weighted by atomic mass is 10.1. The topological polar surface area (TPSA) is 67.4 Å². The molecule has 5 nitrogen and oxygen atoms in total. The maximum atomic E-state index is 11.8. The van der Waals surface area contributed by atoms with Crippen molar-refractivity contribution in [2.24, 2.45) is 0 Å². The summed E-state index contributed by atoms with van der Waals surface area (Å²) in [5.74, 6) is 0.240. The van der Waals surface area contributed by atoms with Gasteiger partial charge in [-0.1, -0.05) is 0 Å². The van der Waals surface area contributed by atoms with Crippen molar-refractivity contribution in [3.8, 4) is 0 Å². The van der Waals surface area contributed by atoms with Gasteiger partial charge in [0.1, 0.15) is 11.8 Å². The molecular formula is C11H18N2O3. The van der Waals surface area contributed by atoms with Gasteiger partial charge in [0.15, 0.2) is 0 Å². The highest BCUT2D eigenvalue weighted by atomic mass is 16.5. The quantitative estimate of drug-likeness (QED) is 0.728. The predicted molar refractivity (Wildman–Crippen MR) is 59.6 cm³/mol. The van der Waals surface area contributed by atoms with E-state index in [9.17, 15) is 9.59 Å². The molecule has 0 unspecified atom stereocenters. The van der Waals surface area contributed by atoms with Crippen LogP contribution in [-0.2, 0) is 14.3 Å². The van der Waals surface area contributed by atoms with Crippen molar-refractivity contribution in [3.05, 3.63) is 11.3 Å². The molecule has 0 radical (unpaired) electrons. The molecule has 0 saturated heterocycles. The number of carbonyl (C=O) groups excluding carboxylic acids is 2. The van der Waals surface area contributed by atoms with Crippen LogP contribution in [0, 0.1) is 0 Å². The van der Waals surface area contributed by atoms with Gasteiger partial charge in [0.25, 0.3) is 5.91 Å². The molecule has 0 bridgehead atoms. The molecule has 1 heterocycles. The molecule has 1 aliphatic rings. The van der Waals surface area contributed by atoms with Crippen LogP contribution in [0.2, 0.25) is 0 Å². The first kappa shape index (κ1) is 12.5. The average molecular weight is 226 g/mol. The number of likely N-dealkylation sites (N-methyl/N-ethyl adjacent to an activating group) is 1. The van der Waals surface area contributed by atoms with E-state index in [0.717, 1.165) is 6.42 Å². The van der Waals surface area contributed by atoms with E-state index in [4.69, 9.17) is 4.74 Å². The fraction of sp³-hybridized carbons (Fsp3) is 0.636. The molecule has 90 valence electrons. The Labute approximate surface area is 95.2 Å². The van der Waals surface area contributed by atoms with Crippen molar-refractivity contribution in [1.29, 1.82) is 0 Å². The third kappa shape index (κ3) is 2.98. The molecule has 0 aromatic heterocycles. The summed E-state index contributed by atoms with van der Waals surface area (Å²) in [7, 11) is 1.54. The standard InChI is InChI=1S/C11H18N2O3/c1-7(10(14)12-3)13-11(15)9-5-4-6-16-8(9)2/h7H,4-6H2,1-3H3,(H,12,14)(H,13,15)/t7-/m0/s1. The summed E-state index contributed by atoms with van der Waals surface area (Å²) >= 11 is 0. The van der Waals surface area contributed by atoms with Crippen molar-refractivity contribution in [1.82, 2.24) is 10.6 Å². The van der Waals surface area contributed by atoms with Gasteiger partial charge in [0.05, 0.1) is 12.2 Å². The summed E-state index contributed by atoms with van der Waals surface area (Å²) in [4.78, 5) is 23.0. The summed E-state index contributed by atoms with van der Waals surface area (Å²) < 4.78 is 5.30. The van der Waals surface area contributed by atoms with Crippen LogP contribution < -0.4 is 10.6 Å². The van der Waals surface area contributed by atoms with Gasteiger partial charge < -0.3 is 15.4 Å². The number of carbonyl (C=O) groups is 2. The Morgan fingerprint density at radius 2 is 2.12 bits per heavy atom. The van der Waals surface area contributed by atoms with E-state index in [0.29, 0.717) is 24.4 Å². The zero-order valence-electron chi connectivity index (χ0n) is 9.92. The average Bonchev–Trinajstić information content (AvgIpc) is 2.28. The van der Waals surface area contributed by atoms with E-state index in [1.165, 1.54) is 0 Å². The summed E-state index contributed by atoms with van der Waals surface area (Å²) in [6.45, 7) is 4.09. The highest BCUT2D eigenvalue weighted by Crippen LogP contribution is 2.18. The van der Waals surface area contributed by atoms with E-state index in [-0.39, 0.29) is 11.8 Å². The van der Waals surface area contributed by atoms with Crippen LogP contribution >= 0.6 is 0 Å². The first-order valence-corrected chi connectivity index (χ1v) is 5.41. The van der Waals surface area contributed by atoms with Crippen LogP contribution in [0.15, 0.2) is 11.3 Å². The molecule has 2 N–H and O–H groups in total. The molecule has 0 aromatic rings. The van der Waals surface area contributed by atoms with Gasteiger partial charge in [-0.15, -0.1) is 0 Å². The predicted octanol–water partition coefficient (Wildman–Crippen LogP) is 0.321. The second-order valence-corrected chi connectivity index (χ2v) is 3.80. The zero-order chi connectivity index (χ0) is 12.1. The molecule has 1 aliphatic heterocycles. The highest BCUT2D eigenvalue weighted by Gasteiger charge is 2.21. The van der Waals surface area contributed by atoms with Gasteiger partial charge in [0.2, 0.25) is 5.91 Å². The minimum Gasteiger partial charge on any atom is -0.498 e. The Hall–Kier alpha value is -1.52. The molecule has 0 saturated carbocycles. The fourth-order valence-corrected chi connectivity index (χ4v) is 1.58. The van der Waals surface area contributed by atoms with Crippen LogP contribution in [0.4, 0.5) is 0 Å². The Morgan fingerprint density at radius 3 is 2.69 bits per heavy atom. The number of amides is 2. The third-order valence-electron chi connectivity index (χ3n) is 2.58. The number of hydrogen-bond donors (Lipinski definition) is 2. The fourth-order valence-electron chi connectivity index (χ4n) is 1.58.